The third-order valence-electron chi connectivity index (χ3n) is 5.82. The number of hydrazone groups is 1. The first kappa shape index (κ1) is 26.7. The van der Waals surface area contributed by atoms with Crippen LogP contribution in [0.1, 0.15) is 124 Å². The number of carbonyl (C=O) groups is 1. The minimum atomic E-state index is -0.529. The molecule has 1 atom stereocenters. The molecular formula is C26H48N2O2. The summed E-state index contributed by atoms with van der Waals surface area (Å²) in [6, 6.07) is -0.107. The second kappa shape index (κ2) is 15.5. The molecule has 1 unspecified atom stereocenters. The molecule has 4 nitrogen and oxygen atoms in total. The van der Waals surface area contributed by atoms with Crippen molar-refractivity contribution in [1.29, 1.82) is 0 Å². The van der Waals surface area contributed by atoms with Crippen LogP contribution in [0, 0.1) is 5.92 Å². The van der Waals surface area contributed by atoms with Crippen LogP contribution >= 0.6 is 0 Å². The largest absolute Gasteiger partial charge is 0.442 e. The summed E-state index contributed by atoms with van der Waals surface area (Å²) in [7, 11) is 0. The zero-order valence-corrected chi connectivity index (χ0v) is 20.3. The van der Waals surface area contributed by atoms with Crippen molar-refractivity contribution in [2.24, 2.45) is 11.0 Å². The average Bonchev–Trinajstić information content (AvgIpc) is 2.70. The highest BCUT2D eigenvalue weighted by atomic mass is 16.6. The molecule has 0 aromatic carbocycles. The summed E-state index contributed by atoms with van der Waals surface area (Å²) in [6.45, 7) is 11.9. The number of unbranched alkanes of at least 4 members (excludes halogenated alkanes) is 8. The van der Waals surface area contributed by atoms with Gasteiger partial charge in [-0.2, -0.15) is 10.1 Å². The lowest BCUT2D eigenvalue weighted by molar-refractivity contribution is 0.0196. The molecule has 0 saturated heterocycles. The van der Waals surface area contributed by atoms with Gasteiger partial charge in [0.1, 0.15) is 5.60 Å². The van der Waals surface area contributed by atoms with E-state index in [1.165, 1.54) is 88.5 Å². The third kappa shape index (κ3) is 12.4. The van der Waals surface area contributed by atoms with Gasteiger partial charge >= 0.3 is 6.09 Å². The lowest BCUT2D eigenvalue weighted by Gasteiger charge is -2.29. The first-order valence-electron chi connectivity index (χ1n) is 12.6. The van der Waals surface area contributed by atoms with Gasteiger partial charge in [0.2, 0.25) is 0 Å². The van der Waals surface area contributed by atoms with Crippen molar-refractivity contribution in [3.63, 3.8) is 0 Å². The van der Waals surface area contributed by atoms with Gasteiger partial charge in [-0.3, -0.25) is 0 Å². The highest BCUT2D eigenvalue weighted by molar-refractivity contribution is 5.71. The fourth-order valence-corrected chi connectivity index (χ4v) is 4.03. The van der Waals surface area contributed by atoms with Crippen LogP contribution in [0.15, 0.2) is 17.8 Å². The predicted molar refractivity (Wildman–Crippen MR) is 129 cm³/mol. The van der Waals surface area contributed by atoms with Gasteiger partial charge in [0, 0.05) is 6.21 Å². The van der Waals surface area contributed by atoms with E-state index in [1.807, 2.05) is 33.1 Å². The maximum absolute atomic E-state index is 12.8. The van der Waals surface area contributed by atoms with Gasteiger partial charge in [-0.1, -0.05) is 90.0 Å². The van der Waals surface area contributed by atoms with Crippen molar-refractivity contribution < 1.29 is 9.53 Å². The van der Waals surface area contributed by atoms with Crippen molar-refractivity contribution in [2.75, 3.05) is 0 Å². The topological polar surface area (TPSA) is 41.9 Å². The van der Waals surface area contributed by atoms with Crippen molar-refractivity contribution in [1.82, 2.24) is 5.01 Å². The first-order valence-corrected chi connectivity index (χ1v) is 12.6. The molecule has 0 aromatic heterocycles. The molecule has 0 radical (unpaired) electrons. The van der Waals surface area contributed by atoms with Crippen molar-refractivity contribution in [3.8, 4) is 0 Å². The number of amides is 1. The molecule has 174 valence electrons. The third-order valence-corrected chi connectivity index (χ3v) is 5.82. The number of ether oxygens (including phenoxy) is 1. The Hall–Kier alpha value is -1.32. The molecule has 0 bridgehead atoms. The van der Waals surface area contributed by atoms with Gasteiger partial charge in [0.05, 0.1) is 6.04 Å². The van der Waals surface area contributed by atoms with Crippen molar-refractivity contribution in [2.45, 2.75) is 136 Å². The van der Waals surface area contributed by atoms with Crippen LogP contribution in [0.25, 0.3) is 0 Å². The Bertz CT molecular complexity index is 490. The molecule has 0 N–H and O–H groups in total. The van der Waals surface area contributed by atoms with Crippen molar-refractivity contribution in [3.05, 3.63) is 12.7 Å². The summed E-state index contributed by atoms with van der Waals surface area (Å²) in [5, 5.41) is 6.16. The molecule has 1 saturated carbocycles. The van der Waals surface area contributed by atoms with Gasteiger partial charge in [-0.15, -0.1) is 6.58 Å². The quantitative estimate of drug-likeness (QED) is 0.123. The second-order valence-electron chi connectivity index (χ2n) is 9.91. The van der Waals surface area contributed by atoms with Gasteiger partial charge in [0.15, 0.2) is 0 Å². The van der Waals surface area contributed by atoms with Crippen LogP contribution in [0.5, 0.6) is 0 Å². The minimum absolute atomic E-state index is 0.107. The molecule has 1 fully saturated rings. The van der Waals surface area contributed by atoms with Crippen LogP contribution < -0.4 is 0 Å². The lowest BCUT2D eigenvalue weighted by Crippen LogP contribution is -2.39. The van der Waals surface area contributed by atoms with E-state index in [-0.39, 0.29) is 12.1 Å². The highest BCUT2D eigenvalue weighted by Gasteiger charge is 2.27. The van der Waals surface area contributed by atoms with E-state index in [4.69, 9.17) is 4.74 Å². The summed E-state index contributed by atoms with van der Waals surface area (Å²) in [6.07, 6.45) is 22.2. The molecule has 0 spiro atoms. The van der Waals surface area contributed by atoms with Crippen LogP contribution in [0.3, 0.4) is 0 Å². The Kier molecular flexibility index (Phi) is 13.8. The van der Waals surface area contributed by atoms with Crippen LogP contribution in [-0.4, -0.2) is 29.0 Å². The van der Waals surface area contributed by atoms with E-state index in [1.54, 1.807) is 0 Å². The summed E-state index contributed by atoms with van der Waals surface area (Å²) < 4.78 is 5.64. The van der Waals surface area contributed by atoms with Gasteiger partial charge < -0.3 is 4.74 Å². The summed E-state index contributed by atoms with van der Waals surface area (Å²) >= 11 is 0. The van der Waals surface area contributed by atoms with Gasteiger partial charge in [-0.25, -0.2) is 4.79 Å². The average molecular weight is 421 g/mol. The predicted octanol–water partition coefficient (Wildman–Crippen LogP) is 8.27. The normalized spacial score (nSPS) is 16.5. The fourth-order valence-electron chi connectivity index (χ4n) is 4.03. The monoisotopic (exact) mass is 420 g/mol. The highest BCUT2D eigenvalue weighted by Crippen LogP contribution is 2.23. The number of hydrogen-bond acceptors (Lipinski definition) is 3. The standard InChI is InChI=1S/C26H48N2O2/c1-6-8-9-10-11-12-13-14-18-21-24(7-2)28(25(29)30-26(3,4)5)27-22-23-19-16-15-17-20-23/h7,22-24H,2,6,8-21H2,1,3-5H3/b27-22+. The number of nitrogens with zero attached hydrogens (tertiary/aromatic N) is 2. The SMILES string of the molecule is C=CC(CCCCCCCCCCC)N(/N=C/C1CCCCC1)C(=O)OC(C)(C)C. The number of rotatable bonds is 14. The van der Waals surface area contributed by atoms with Gasteiger partial charge in [-0.05, 0) is 46.0 Å². The molecular weight excluding hydrogens is 372 g/mol. The zero-order valence-electron chi connectivity index (χ0n) is 20.3. The molecule has 4 heteroatoms. The van der Waals surface area contributed by atoms with E-state index in [0.717, 1.165) is 12.8 Å². The molecule has 1 aliphatic carbocycles. The Labute approximate surface area is 186 Å². The molecule has 1 aliphatic rings. The number of hydrogen-bond donors (Lipinski definition) is 0. The zero-order chi connectivity index (χ0) is 22.2. The molecule has 1 amide bonds. The van der Waals surface area contributed by atoms with E-state index in [9.17, 15) is 4.79 Å². The maximum Gasteiger partial charge on any atom is 0.431 e. The summed E-state index contributed by atoms with van der Waals surface area (Å²) in [5.74, 6) is 0.474. The van der Waals surface area contributed by atoms with Crippen LogP contribution in [0.2, 0.25) is 0 Å². The minimum Gasteiger partial charge on any atom is -0.442 e. The van der Waals surface area contributed by atoms with Crippen LogP contribution in [0.4, 0.5) is 4.79 Å². The molecule has 1 rings (SSSR count). The molecule has 30 heavy (non-hydrogen) atoms. The Morgan fingerprint density at radius 1 is 1.03 bits per heavy atom. The van der Waals surface area contributed by atoms with Crippen molar-refractivity contribution >= 4 is 12.3 Å². The van der Waals surface area contributed by atoms with E-state index < -0.39 is 5.60 Å². The molecule has 0 aliphatic heterocycles. The lowest BCUT2D eigenvalue weighted by atomic mass is 9.90. The molecule has 0 heterocycles. The van der Waals surface area contributed by atoms with Gasteiger partial charge in [0.25, 0.3) is 0 Å². The van der Waals surface area contributed by atoms with Crippen LogP contribution in [-0.2, 0) is 4.74 Å². The Morgan fingerprint density at radius 2 is 1.60 bits per heavy atom. The second-order valence-corrected chi connectivity index (χ2v) is 9.91. The fraction of sp³-hybridized carbons (Fsp3) is 0.846. The Morgan fingerprint density at radius 3 is 2.13 bits per heavy atom. The summed E-state index contributed by atoms with van der Waals surface area (Å²) in [4.78, 5) is 12.8. The first-order chi connectivity index (χ1) is 14.4. The maximum atomic E-state index is 12.8. The Balaban J connectivity index is 2.53. The molecule has 0 aromatic rings. The van der Waals surface area contributed by atoms with E-state index in [2.05, 4.69) is 18.6 Å². The number of carbonyl (C=O) groups excluding carboxylic acids is 1. The summed E-state index contributed by atoms with van der Waals surface area (Å²) in [5.41, 5.74) is -0.529. The van der Waals surface area contributed by atoms with E-state index >= 15 is 0 Å². The smallest absolute Gasteiger partial charge is 0.431 e. The van der Waals surface area contributed by atoms with E-state index in [0.29, 0.717) is 5.92 Å².